The molecule has 0 atom stereocenters. The average molecular weight is 1740 g/mol. The third-order valence-corrected chi connectivity index (χ3v) is 25.6. The Kier molecular flexibility index (Phi) is 21.1. The van der Waals surface area contributed by atoms with Crippen LogP contribution in [0.2, 0.25) is 0 Å². The summed E-state index contributed by atoms with van der Waals surface area (Å²) in [6.45, 7) is 0. The highest BCUT2D eigenvalue weighted by Crippen LogP contribution is 2.42. The summed E-state index contributed by atoms with van der Waals surface area (Å²) < 4.78 is 9.49. The average Bonchev–Trinajstić information content (AvgIpc) is 1.59. The largest absolute Gasteiger partial charge is 0.309 e. The summed E-state index contributed by atoms with van der Waals surface area (Å²) >= 11 is 0. The number of nitrogens with zero attached hydrogens (tertiary/aromatic N) is 11. The maximum Gasteiger partial charge on any atom is 0.164 e. The van der Waals surface area contributed by atoms with Gasteiger partial charge in [0.2, 0.25) is 0 Å². The van der Waals surface area contributed by atoms with Gasteiger partial charge in [0.15, 0.2) is 29.1 Å². The summed E-state index contributed by atoms with van der Waals surface area (Å²) in [7, 11) is 0. The first-order valence-corrected chi connectivity index (χ1v) is 45.8. The molecule has 7 heterocycles. The predicted molar refractivity (Wildman–Crippen MR) is 561 cm³/mol. The first-order chi connectivity index (χ1) is 67.4. The minimum Gasteiger partial charge on any atom is -0.309 e. The van der Waals surface area contributed by atoms with Crippen molar-refractivity contribution < 1.29 is 0 Å². The summed E-state index contributed by atoms with van der Waals surface area (Å²) in [4.78, 5) is 34.5. The van der Waals surface area contributed by atoms with E-state index < -0.39 is 0 Å². The number of para-hydroxylation sites is 8. The molecule has 26 rings (SSSR count). The van der Waals surface area contributed by atoms with Crippen LogP contribution in [0, 0.1) is 0 Å². The Hall–Kier alpha value is -18.5. The normalized spacial score (nSPS) is 11.4. The first-order valence-electron chi connectivity index (χ1n) is 45.8. The van der Waals surface area contributed by atoms with E-state index in [1.54, 1.807) is 0 Å². The Morgan fingerprint density at radius 3 is 0.529 bits per heavy atom. The summed E-state index contributed by atoms with van der Waals surface area (Å²) in [5.41, 5.74) is 31.3. The molecule has 0 spiro atoms. The van der Waals surface area contributed by atoms with Crippen LogP contribution in [-0.2, 0) is 0 Å². The second-order valence-electron chi connectivity index (χ2n) is 33.9. The van der Waals surface area contributed by atoms with Crippen molar-refractivity contribution in [1.29, 1.82) is 0 Å². The first kappa shape index (κ1) is 80.8. The highest BCUT2D eigenvalue weighted by atomic mass is 15.0. The van der Waals surface area contributed by atoms with Crippen molar-refractivity contribution in [2.24, 2.45) is 0 Å². The summed E-state index contributed by atoms with van der Waals surface area (Å²) in [5.74, 6) is 3.41. The minimum absolute atomic E-state index is 0.654. The molecule has 7 aromatic heterocycles. The number of hydrogen-bond acceptors (Lipinski definition) is 7. The van der Waals surface area contributed by atoms with Gasteiger partial charge in [0.05, 0.1) is 66.9 Å². The van der Waals surface area contributed by atoms with Crippen molar-refractivity contribution in [1.82, 2.24) is 53.2 Å². The van der Waals surface area contributed by atoms with Crippen LogP contribution in [0.15, 0.2) is 504 Å². The molecule has 0 unspecified atom stereocenters. The second-order valence-corrected chi connectivity index (χ2v) is 33.9. The van der Waals surface area contributed by atoms with Gasteiger partial charge in [-0.3, -0.25) is 0 Å². The zero-order valence-electron chi connectivity index (χ0n) is 73.8. The number of benzene rings is 19. The molecular weight excluding hydrogens is 1660 g/mol. The van der Waals surface area contributed by atoms with E-state index in [9.17, 15) is 0 Å². The molecule has 0 aliphatic carbocycles. The molecule has 0 saturated heterocycles. The molecule has 0 radical (unpaired) electrons. The topological polar surface area (TPSA) is 110 Å². The van der Waals surface area contributed by atoms with Crippen LogP contribution in [-0.4, -0.2) is 53.2 Å². The molecule has 0 bridgehead atoms. The van der Waals surface area contributed by atoms with E-state index in [0.29, 0.717) is 23.3 Å². The molecule has 136 heavy (non-hydrogen) atoms. The Morgan fingerprint density at radius 1 is 0.110 bits per heavy atom. The van der Waals surface area contributed by atoms with Crippen LogP contribution in [0.5, 0.6) is 0 Å². The molecular formula is C125H83N11. The van der Waals surface area contributed by atoms with Gasteiger partial charge in [0.25, 0.3) is 0 Å². The standard InChI is InChI=1S/C52H34N4.C40H27N3.C33H22N4/c1-3-15-36(16-4-1)46-34-47(54-52(53-46)38-17-5-2-6-18-38)37-29-27-35(28-30-37)39-31-40(55-48-23-11-7-19-42(48)43-20-8-12-24-49(43)55)33-41(32-39)56-50-25-13-9-21-44(50)45-22-10-14-26-51(45)56;1-3-11-30(12-4-1)36-27-37(42-40(41-36)32-13-5-2-6-14-32)31-21-19-28(20-22-31)29-23-25-33(26-24-29)43-38-17-9-7-15-34(38)35-16-8-10-18-39(35)43;1-3-11-23(12-4-1)31-34-32(24-13-5-2-6-14-24)36-33(35-31)25-19-21-26(22-20-25)37-29-17-9-7-15-27(29)28-16-8-10-18-30(28)37/h1-34H;1-27H;1-22H. The van der Waals surface area contributed by atoms with Crippen LogP contribution in [0.4, 0.5) is 0 Å². The van der Waals surface area contributed by atoms with E-state index >= 15 is 0 Å². The van der Waals surface area contributed by atoms with E-state index in [2.05, 4.69) is 400 Å². The zero-order valence-corrected chi connectivity index (χ0v) is 73.8. The van der Waals surface area contributed by atoms with Gasteiger partial charge in [-0.05, 0) is 138 Å². The minimum atomic E-state index is 0.654. The van der Waals surface area contributed by atoms with Crippen molar-refractivity contribution >= 4 is 87.2 Å². The van der Waals surface area contributed by atoms with E-state index in [4.69, 9.17) is 34.9 Å². The predicted octanol–water partition coefficient (Wildman–Crippen LogP) is 31.6. The van der Waals surface area contributed by atoms with E-state index in [-0.39, 0.29) is 0 Å². The lowest BCUT2D eigenvalue weighted by Gasteiger charge is -2.16. The van der Waals surface area contributed by atoms with Crippen molar-refractivity contribution in [2.75, 3.05) is 0 Å². The monoisotopic (exact) mass is 1740 g/mol. The molecule has 0 saturated carbocycles. The third kappa shape index (κ3) is 15.4. The summed E-state index contributed by atoms with van der Waals surface area (Å²) in [6.07, 6.45) is 0. The van der Waals surface area contributed by atoms with Crippen LogP contribution >= 0.6 is 0 Å². The number of rotatable bonds is 15. The molecule has 0 aliphatic rings. The lowest BCUT2D eigenvalue weighted by atomic mass is 10.0. The third-order valence-electron chi connectivity index (χ3n) is 25.6. The van der Waals surface area contributed by atoms with Gasteiger partial charge in [-0.15, -0.1) is 0 Å². The van der Waals surface area contributed by atoms with Crippen LogP contribution < -0.4 is 0 Å². The summed E-state index contributed by atoms with van der Waals surface area (Å²) in [5, 5.41) is 10.0. The second kappa shape index (κ2) is 35.4. The Balaban J connectivity index is 0.000000114. The molecule has 0 N–H and O–H groups in total. The van der Waals surface area contributed by atoms with E-state index in [0.717, 1.165) is 118 Å². The quantitative estimate of drug-likeness (QED) is 0.101. The highest BCUT2D eigenvalue weighted by Gasteiger charge is 2.23. The van der Waals surface area contributed by atoms with Gasteiger partial charge in [-0.25, -0.2) is 34.9 Å². The fourth-order valence-corrected chi connectivity index (χ4v) is 19.1. The zero-order chi connectivity index (χ0) is 90.2. The molecule has 0 fully saturated rings. The number of aromatic nitrogens is 11. The van der Waals surface area contributed by atoms with E-state index in [1.165, 1.54) is 92.8 Å². The van der Waals surface area contributed by atoms with Gasteiger partial charge in [-0.2, -0.15) is 0 Å². The molecule has 0 amide bonds. The van der Waals surface area contributed by atoms with Crippen LogP contribution in [0.1, 0.15) is 0 Å². The van der Waals surface area contributed by atoms with Crippen LogP contribution in [0.3, 0.4) is 0 Å². The fraction of sp³-hybridized carbons (Fsp3) is 0. The molecule has 11 heteroatoms. The van der Waals surface area contributed by atoms with Gasteiger partial charge in [0.1, 0.15) is 0 Å². The molecule has 638 valence electrons. The Bertz CT molecular complexity index is 8390. The fourth-order valence-electron chi connectivity index (χ4n) is 19.1. The van der Waals surface area contributed by atoms with Gasteiger partial charge in [-0.1, -0.05) is 388 Å². The number of hydrogen-bond donors (Lipinski definition) is 0. The van der Waals surface area contributed by atoms with Crippen LogP contribution in [0.25, 0.3) is 234 Å². The lowest BCUT2D eigenvalue weighted by Crippen LogP contribution is -2.00. The highest BCUT2D eigenvalue weighted by molar-refractivity contribution is 6.13. The van der Waals surface area contributed by atoms with Crippen molar-refractivity contribution in [3.8, 4) is 147 Å². The SMILES string of the molecule is c1ccc(-c2cc(-c3ccc(-c4cc(-n5c6ccccc6c6ccccc65)cc(-n5c6ccccc6c6ccccc65)c4)cc3)nc(-c3ccccc3)n2)cc1.c1ccc(-c2cc(-c3ccc(-c4ccc(-n5c6ccccc6c6ccccc65)cc4)cc3)nc(-c3ccccc3)n2)cc1.c1ccc(-c2nc(-c3ccccc3)nc(-c3ccc(-n4c5ccccc5c5ccccc54)cc3)n2)cc1. The molecule has 19 aromatic carbocycles. The molecule has 0 aliphatic heterocycles. The maximum atomic E-state index is 5.10. The van der Waals surface area contributed by atoms with Gasteiger partial charge < -0.3 is 18.3 Å². The molecule has 11 nitrogen and oxygen atoms in total. The van der Waals surface area contributed by atoms with Gasteiger partial charge in [0, 0.05) is 116 Å². The summed E-state index contributed by atoms with van der Waals surface area (Å²) in [6, 6.07) is 176. The smallest absolute Gasteiger partial charge is 0.164 e. The maximum absolute atomic E-state index is 5.10. The lowest BCUT2D eigenvalue weighted by molar-refractivity contribution is 1.07. The van der Waals surface area contributed by atoms with Crippen molar-refractivity contribution in [3.05, 3.63) is 504 Å². The van der Waals surface area contributed by atoms with Gasteiger partial charge >= 0.3 is 0 Å². The number of fused-ring (bicyclic) bond motifs is 12. The molecule has 26 aromatic rings. The van der Waals surface area contributed by atoms with E-state index in [1.807, 2.05) is 121 Å². The Labute approximate surface area is 785 Å². The van der Waals surface area contributed by atoms with Crippen molar-refractivity contribution in [2.45, 2.75) is 0 Å². The van der Waals surface area contributed by atoms with Crippen molar-refractivity contribution in [3.63, 3.8) is 0 Å². The Morgan fingerprint density at radius 2 is 0.279 bits per heavy atom.